The molecule has 2 heterocycles. The number of nitrogens with zero attached hydrogens (tertiary/aromatic N) is 4. The number of fused-ring (bicyclic) bond motifs is 2. The Labute approximate surface area is 159 Å². The summed E-state index contributed by atoms with van der Waals surface area (Å²) in [6.45, 7) is 3.56. The normalized spacial score (nSPS) is 16.6. The van der Waals surface area contributed by atoms with Gasteiger partial charge in [-0.1, -0.05) is 6.92 Å². The number of carbonyl (C=O) groups excluding carboxylic acids is 1. The third-order valence-electron chi connectivity index (χ3n) is 5.16. The zero-order valence-electron chi connectivity index (χ0n) is 15.2. The lowest BCUT2D eigenvalue weighted by atomic mass is 9.88. The third kappa shape index (κ3) is 2.99. The molecule has 1 N–H and O–H groups in total. The molecule has 0 saturated heterocycles. The predicted molar refractivity (Wildman–Crippen MR) is 102 cm³/mol. The van der Waals surface area contributed by atoms with Gasteiger partial charge >= 0.3 is 0 Å². The van der Waals surface area contributed by atoms with Crippen molar-refractivity contribution in [3.8, 4) is 11.5 Å². The van der Waals surface area contributed by atoms with E-state index in [2.05, 4.69) is 22.0 Å². The van der Waals surface area contributed by atoms with Crippen LogP contribution in [0.1, 0.15) is 31.5 Å². The van der Waals surface area contributed by atoms with Gasteiger partial charge in [0.05, 0.1) is 11.2 Å². The molecule has 0 fully saturated rings. The molecule has 0 saturated carbocycles. The van der Waals surface area contributed by atoms with Crippen molar-refractivity contribution in [3.05, 3.63) is 29.2 Å². The first-order chi connectivity index (χ1) is 12.9. The van der Waals surface area contributed by atoms with Crippen LogP contribution < -0.4 is 4.90 Å². The molecular weight excluding hydrogens is 372 g/mol. The van der Waals surface area contributed by atoms with E-state index in [0.717, 1.165) is 30.5 Å². The third-order valence-corrected chi connectivity index (χ3v) is 5.59. The first-order valence-corrected chi connectivity index (χ1v) is 9.40. The number of hydrogen-bond donors (Lipinski definition) is 1. The van der Waals surface area contributed by atoms with Crippen molar-refractivity contribution in [3.63, 3.8) is 0 Å². The van der Waals surface area contributed by atoms with Gasteiger partial charge in [-0.2, -0.15) is 9.19 Å². The molecular formula is C18H19F2N5OS. The topological polar surface area (TPSA) is 66.8 Å². The van der Waals surface area contributed by atoms with E-state index in [9.17, 15) is 13.1 Å². The van der Waals surface area contributed by atoms with Crippen LogP contribution in [0.15, 0.2) is 12.1 Å². The van der Waals surface area contributed by atoms with Crippen molar-refractivity contribution >= 4 is 35.0 Å². The van der Waals surface area contributed by atoms with Gasteiger partial charge in [-0.3, -0.25) is 4.79 Å². The molecule has 9 heteroatoms. The van der Waals surface area contributed by atoms with Gasteiger partial charge < -0.3 is 9.88 Å². The van der Waals surface area contributed by atoms with Crippen LogP contribution in [0.5, 0.6) is 0 Å². The summed E-state index contributed by atoms with van der Waals surface area (Å²) >= 11 is 0.0654. The summed E-state index contributed by atoms with van der Waals surface area (Å²) in [4.78, 5) is 20.4. The number of halogens is 2. The van der Waals surface area contributed by atoms with Gasteiger partial charge in [-0.15, -0.1) is 3.89 Å². The molecule has 0 spiro atoms. The molecule has 1 aliphatic carbocycles. The first-order valence-electron chi connectivity index (χ1n) is 8.72. The molecule has 3 aromatic rings. The fourth-order valence-corrected chi connectivity index (χ4v) is 3.95. The predicted octanol–water partition coefficient (Wildman–Crippen LogP) is 4.05. The highest BCUT2D eigenvalue weighted by Crippen LogP contribution is 2.35. The maximum atomic E-state index is 14.6. The Kier molecular flexibility index (Phi) is 4.41. The van der Waals surface area contributed by atoms with Crippen LogP contribution in [0.2, 0.25) is 0 Å². The summed E-state index contributed by atoms with van der Waals surface area (Å²) in [5.74, 6) is 0.169. The minimum Gasteiger partial charge on any atom is -0.334 e. The molecule has 1 amide bonds. The zero-order chi connectivity index (χ0) is 19.3. The number of rotatable bonds is 3. The molecule has 6 nitrogen and oxygen atoms in total. The Morgan fingerprint density at radius 3 is 2.93 bits per heavy atom. The average Bonchev–Trinajstić information content (AvgIpc) is 3.21. The highest BCUT2D eigenvalue weighted by molar-refractivity contribution is 7.92. The minimum absolute atomic E-state index is 0.0654. The second-order valence-corrected chi connectivity index (χ2v) is 7.53. The van der Waals surface area contributed by atoms with Crippen molar-refractivity contribution in [2.24, 2.45) is 5.92 Å². The standard InChI is InChI=1S/C18H19F2N5OS/c1-9-4-5-15-12(6-9)16(23-25(15)27-20)18-21-14-8-11(24(3)10(2)26)7-13(19)17(14)22-18/h7-9H,4-6H2,1-3H3,(H,21,22)/t9-/m0/s1. The van der Waals surface area contributed by atoms with E-state index in [0.29, 0.717) is 28.6 Å². The number of imidazole rings is 1. The number of carbonyl (C=O) groups is 1. The van der Waals surface area contributed by atoms with Crippen LogP contribution in [0.4, 0.5) is 14.0 Å². The molecule has 27 heavy (non-hydrogen) atoms. The monoisotopic (exact) mass is 391 g/mol. The van der Waals surface area contributed by atoms with E-state index >= 15 is 0 Å². The van der Waals surface area contributed by atoms with Gasteiger partial charge in [0, 0.05) is 25.2 Å². The molecule has 0 radical (unpaired) electrons. The molecule has 1 aromatic carbocycles. The van der Waals surface area contributed by atoms with Crippen LogP contribution >= 0.6 is 12.3 Å². The van der Waals surface area contributed by atoms with Crippen LogP contribution in [-0.4, -0.2) is 32.1 Å². The molecule has 4 rings (SSSR count). The number of aromatic nitrogens is 4. The number of anilines is 1. The van der Waals surface area contributed by atoms with Crippen molar-refractivity contribution in [2.45, 2.75) is 33.1 Å². The highest BCUT2D eigenvalue weighted by atomic mass is 32.2. The number of aromatic amines is 1. The lowest BCUT2D eigenvalue weighted by Gasteiger charge is -2.18. The van der Waals surface area contributed by atoms with E-state index in [-0.39, 0.29) is 23.8 Å². The summed E-state index contributed by atoms with van der Waals surface area (Å²) in [7, 11) is 1.58. The summed E-state index contributed by atoms with van der Waals surface area (Å²) in [6.07, 6.45) is 2.51. The smallest absolute Gasteiger partial charge is 0.223 e. The quantitative estimate of drug-likeness (QED) is 0.731. The molecule has 2 aromatic heterocycles. The first kappa shape index (κ1) is 18.0. The van der Waals surface area contributed by atoms with E-state index in [1.807, 2.05) is 0 Å². The lowest BCUT2D eigenvalue weighted by molar-refractivity contribution is -0.116. The lowest BCUT2D eigenvalue weighted by Crippen LogP contribution is -2.22. The molecule has 0 bridgehead atoms. The van der Waals surface area contributed by atoms with Crippen LogP contribution in [0.3, 0.4) is 0 Å². The second kappa shape index (κ2) is 6.63. The molecule has 0 unspecified atom stereocenters. The van der Waals surface area contributed by atoms with E-state index in [4.69, 9.17) is 0 Å². The Balaban J connectivity index is 1.85. The fourth-order valence-electron chi connectivity index (χ4n) is 3.55. The van der Waals surface area contributed by atoms with Gasteiger partial charge in [-0.25, -0.2) is 9.37 Å². The summed E-state index contributed by atoms with van der Waals surface area (Å²) in [5.41, 5.74) is 3.43. The van der Waals surface area contributed by atoms with Gasteiger partial charge in [0.2, 0.25) is 5.91 Å². The maximum absolute atomic E-state index is 14.6. The number of H-pyrrole nitrogens is 1. The van der Waals surface area contributed by atoms with Crippen molar-refractivity contribution in [1.29, 1.82) is 0 Å². The van der Waals surface area contributed by atoms with Crippen LogP contribution in [-0.2, 0) is 17.6 Å². The molecule has 1 atom stereocenters. The minimum atomic E-state index is -0.504. The number of benzene rings is 1. The van der Waals surface area contributed by atoms with Crippen molar-refractivity contribution < 1.29 is 13.1 Å². The fraction of sp³-hybridized carbons (Fsp3) is 0.389. The van der Waals surface area contributed by atoms with Crippen LogP contribution in [0.25, 0.3) is 22.6 Å². The Hall–Kier alpha value is -2.42. The number of amides is 1. The van der Waals surface area contributed by atoms with E-state index < -0.39 is 5.82 Å². The Bertz CT molecular complexity index is 1040. The number of hydrogen-bond acceptors (Lipinski definition) is 4. The molecule has 1 aliphatic rings. The average molecular weight is 391 g/mol. The highest BCUT2D eigenvalue weighted by Gasteiger charge is 2.27. The maximum Gasteiger partial charge on any atom is 0.223 e. The van der Waals surface area contributed by atoms with E-state index in [1.54, 1.807) is 13.1 Å². The second-order valence-electron chi connectivity index (χ2n) is 7.05. The van der Waals surface area contributed by atoms with Gasteiger partial charge in [0.25, 0.3) is 0 Å². The van der Waals surface area contributed by atoms with E-state index in [1.165, 1.54) is 22.0 Å². The van der Waals surface area contributed by atoms with Gasteiger partial charge in [-0.05, 0) is 37.3 Å². The van der Waals surface area contributed by atoms with Crippen molar-refractivity contribution in [1.82, 2.24) is 19.2 Å². The molecule has 142 valence electrons. The van der Waals surface area contributed by atoms with Crippen LogP contribution in [0, 0.1) is 11.7 Å². The summed E-state index contributed by atoms with van der Waals surface area (Å²) in [5, 5.41) is 4.35. The Morgan fingerprint density at radius 2 is 2.22 bits per heavy atom. The summed E-state index contributed by atoms with van der Waals surface area (Å²) < 4.78 is 29.2. The largest absolute Gasteiger partial charge is 0.334 e. The summed E-state index contributed by atoms with van der Waals surface area (Å²) in [6, 6.07) is 2.94. The number of nitrogens with one attached hydrogen (secondary N) is 1. The molecule has 0 aliphatic heterocycles. The SMILES string of the molecule is CC(=O)N(C)c1cc(F)c2[nH]c(-c3nn(SF)c4c3C[C@@H](C)CC4)nc2c1. The van der Waals surface area contributed by atoms with Gasteiger partial charge in [0.15, 0.2) is 24.0 Å². The Morgan fingerprint density at radius 1 is 1.44 bits per heavy atom. The van der Waals surface area contributed by atoms with Crippen molar-refractivity contribution in [2.75, 3.05) is 11.9 Å². The van der Waals surface area contributed by atoms with Gasteiger partial charge in [0.1, 0.15) is 11.2 Å². The zero-order valence-corrected chi connectivity index (χ0v) is 16.0.